The summed E-state index contributed by atoms with van der Waals surface area (Å²) in [5.74, 6) is 0.391. The number of nitrogen functional groups attached to an aromatic ring is 1. The summed E-state index contributed by atoms with van der Waals surface area (Å²) < 4.78 is 9.87. The number of methoxy groups -OCH3 is 2. The summed E-state index contributed by atoms with van der Waals surface area (Å²) in [6, 6.07) is 12.6. The smallest absolute Gasteiger partial charge is 0.337 e. The van der Waals surface area contributed by atoms with Gasteiger partial charge in [0.15, 0.2) is 0 Å². The number of benzene rings is 2. The molecule has 0 saturated heterocycles. The zero-order valence-electron chi connectivity index (χ0n) is 12.3. The van der Waals surface area contributed by atoms with Gasteiger partial charge in [0.05, 0.1) is 31.2 Å². The Morgan fingerprint density at radius 2 is 1.76 bits per heavy atom. The fraction of sp³-hybridized carbons (Fsp3) is 0.188. The molecule has 110 valence electrons. The van der Waals surface area contributed by atoms with Gasteiger partial charge < -0.3 is 20.1 Å². The van der Waals surface area contributed by atoms with Crippen LogP contribution >= 0.6 is 0 Å². The van der Waals surface area contributed by atoms with E-state index in [0.29, 0.717) is 11.3 Å². The minimum absolute atomic E-state index is 0.389. The highest BCUT2D eigenvalue weighted by atomic mass is 16.5. The predicted octanol–water partition coefficient (Wildman–Crippen LogP) is 2.83. The van der Waals surface area contributed by atoms with E-state index in [1.165, 1.54) is 7.11 Å². The van der Waals surface area contributed by atoms with Gasteiger partial charge >= 0.3 is 5.97 Å². The van der Waals surface area contributed by atoms with Gasteiger partial charge in [0.1, 0.15) is 5.75 Å². The van der Waals surface area contributed by atoms with E-state index in [1.54, 1.807) is 25.3 Å². The number of nitrogens with two attached hydrogens (primary N) is 1. The molecule has 5 nitrogen and oxygen atoms in total. The second-order valence-corrected chi connectivity index (χ2v) is 4.52. The number of anilines is 3. The van der Waals surface area contributed by atoms with Crippen molar-refractivity contribution in [3.05, 3.63) is 48.0 Å². The Kier molecular flexibility index (Phi) is 4.33. The van der Waals surface area contributed by atoms with E-state index in [1.807, 2.05) is 36.2 Å². The van der Waals surface area contributed by atoms with Crippen LogP contribution in [0.5, 0.6) is 5.75 Å². The van der Waals surface area contributed by atoms with Crippen molar-refractivity contribution < 1.29 is 14.3 Å². The van der Waals surface area contributed by atoms with Crippen LogP contribution in [0.2, 0.25) is 0 Å². The van der Waals surface area contributed by atoms with E-state index in [2.05, 4.69) is 0 Å². The van der Waals surface area contributed by atoms with Crippen molar-refractivity contribution in [2.24, 2.45) is 0 Å². The fourth-order valence-corrected chi connectivity index (χ4v) is 2.02. The summed E-state index contributed by atoms with van der Waals surface area (Å²) in [5, 5.41) is 0. The van der Waals surface area contributed by atoms with Gasteiger partial charge in [-0.3, -0.25) is 0 Å². The molecule has 0 radical (unpaired) electrons. The molecule has 0 amide bonds. The third-order valence-corrected chi connectivity index (χ3v) is 3.27. The van der Waals surface area contributed by atoms with Crippen molar-refractivity contribution in [1.82, 2.24) is 0 Å². The zero-order valence-corrected chi connectivity index (χ0v) is 12.3. The molecule has 0 atom stereocenters. The van der Waals surface area contributed by atoms with Gasteiger partial charge in [0.25, 0.3) is 0 Å². The number of hydrogen-bond donors (Lipinski definition) is 1. The van der Waals surface area contributed by atoms with E-state index in [4.69, 9.17) is 15.2 Å². The van der Waals surface area contributed by atoms with Crippen LogP contribution in [-0.4, -0.2) is 27.2 Å². The Bertz CT molecular complexity index is 638. The lowest BCUT2D eigenvalue weighted by atomic mass is 10.1. The van der Waals surface area contributed by atoms with E-state index in [9.17, 15) is 4.79 Å². The molecule has 0 saturated carbocycles. The Labute approximate surface area is 123 Å². The first kappa shape index (κ1) is 14.7. The molecule has 2 N–H and O–H groups in total. The number of esters is 1. The largest absolute Gasteiger partial charge is 0.497 e. The number of hydrogen-bond acceptors (Lipinski definition) is 5. The number of carbonyl (C=O) groups excluding carboxylic acids is 1. The van der Waals surface area contributed by atoms with E-state index in [0.717, 1.165) is 17.1 Å². The molecule has 0 bridgehead atoms. The quantitative estimate of drug-likeness (QED) is 0.691. The highest BCUT2D eigenvalue weighted by molar-refractivity contribution is 5.92. The molecule has 2 aromatic carbocycles. The van der Waals surface area contributed by atoms with E-state index in [-0.39, 0.29) is 5.97 Å². The highest BCUT2D eigenvalue weighted by Crippen LogP contribution is 2.31. The van der Waals surface area contributed by atoms with Crippen LogP contribution in [0, 0.1) is 0 Å². The van der Waals surface area contributed by atoms with Crippen molar-refractivity contribution in [3.8, 4) is 5.75 Å². The van der Waals surface area contributed by atoms with Crippen LogP contribution in [0.25, 0.3) is 0 Å². The first-order valence-corrected chi connectivity index (χ1v) is 6.42. The lowest BCUT2D eigenvalue weighted by Gasteiger charge is -2.22. The van der Waals surface area contributed by atoms with Crippen molar-refractivity contribution in [1.29, 1.82) is 0 Å². The van der Waals surface area contributed by atoms with Gasteiger partial charge in [-0.25, -0.2) is 4.79 Å². The van der Waals surface area contributed by atoms with E-state index < -0.39 is 0 Å². The Hall–Kier alpha value is -2.69. The highest BCUT2D eigenvalue weighted by Gasteiger charge is 2.12. The van der Waals surface area contributed by atoms with Crippen LogP contribution in [0.1, 0.15) is 10.4 Å². The second kappa shape index (κ2) is 6.17. The summed E-state index contributed by atoms with van der Waals surface area (Å²) in [6.45, 7) is 0. The summed E-state index contributed by atoms with van der Waals surface area (Å²) in [4.78, 5) is 13.5. The van der Waals surface area contributed by atoms with Crippen LogP contribution < -0.4 is 15.4 Å². The van der Waals surface area contributed by atoms with Crippen molar-refractivity contribution in [3.63, 3.8) is 0 Å². The lowest BCUT2D eigenvalue weighted by molar-refractivity contribution is 0.0601. The van der Waals surface area contributed by atoms with Crippen LogP contribution in [0.15, 0.2) is 42.5 Å². The number of nitrogens with zero attached hydrogens (tertiary/aromatic N) is 1. The SMILES string of the molecule is COC(=O)c1ccc(N)c(N(C)c2ccc(OC)cc2)c1. The second-order valence-electron chi connectivity index (χ2n) is 4.52. The topological polar surface area (TPSA) is 64.8 Å². The molecular weight excluding hydrogens is 268 g/mol. The molecule has 21 heavy (non-hydrogen) atoms. The van der Waals surface area contributed by atoms with Gasteiger partial charge in [0, 0.05) is 12.7 Å². The van der Waals surface area contributed by atoms with Crippen molar-refractivity contribution >= 4 is 23.0 Å². The Morgan fingerprint density at radius 1 is 1.10 bits per heavy atom. The number of rotatable bonds is 4. The first-order valence-electron chi connectivity index (χ1n) is 6.42. The molecule has 5 heteroatoms. The summed E-state index contributed by atoms with van der Waals surface area (Å²) >= 11 is 0. The third-order valence-electron chi connectivity index (χ3n) is 3.27. The van der Waals surface area contributed by atoms with Crippen LogP contribution in [-0.2, 0) is 4.74 Å². The molecule has 0 fully saturated rings. The Balaban J connectivity index is 2.36. The molecule has 2 aromatic rings. The molecular formula is C16H18N2O3. The summed E-state index contributed by atoms with van der Waals surface area (Å²) in [5.41, 5.74) is 8.73. The Morgan fingerprint density at radius 3 is 2.33 bits per heavy atom. The standard InChI is InChI=1S/C16H18N2O3/c1-18(12-5-7-13(20-2)8-6-12)15-10-11(16(19)21-3)4-9-14(15)17/h4-10H,17H2,1-3H3. The molecule has 0 spiro atoms. The average Bonchev–Trinajstić information content (AvgIpc) is 2.54. The zero-order chi connectivity index (χ0) is 15.4. The molecule has 0 unspecified atom stereocenters. The molecule has 0 aliphatic rings. The molecule has 2 rings (SSSR count). The van der Waals surface area contributed by atoms with E-state index >= 15 is 0 Å². The van der Waals surface area contributed by atoms with Gasteiger partial charge in [-0.1, -0.05) is 0 Å². The fourth-order valence-electron chi connectivity index (χ4n) is 2.02. The maximum Gasteiger partial charge on any atom is 0.337 e. The lowest BCUT2D eigenvalue weighted by Crippen LogP contribution is -2.13. The first-order chi connectivity index (χ1) is 10.1. The molecule has 0 aliphatic carbocycles. The normalized spacial score (nSPS) is 10.0. The maximum absolute atomic E-state index is 11.6. The van der Waals surface area contributed by atoms with Gasteiger partial charge in [0.2, 0.25) is 0 Å². The average molecular weight is 286 g/mol. The van der Waals surface area contributed by atoms with Crippen LogP contribution in [0.4, 0.5) is 17.1 Å². The minimum Gasteiger partial charge on any atom is -0.497 e. The molecule has 0 aliphatic heterocycles. The molecule has 0 aromatic heterocycles. The van der Waals surface area contributed by atoms with Crippen molar-refractivity contribution in [2.45, 2.75) is 0 Å². The third kappa shape index (κ3) is 3.08. The predicted molar refractivity (Wildman–Crippen MR) is 83.3 cm³/mol. The van der Waals surface area contributed by atoms with Crippen LogP contribution in [0.3, 0.4) is 0 Å². The van der Waals surface area contributed by atoms with Crippen molar-refractivity contribution in [2.75, 3.05) is 31.9 Å². The monoisotopic (exact) mass is 286 g/mol. The van der Waals surface area contributed by atoms with Gasteiger partial charge in [-0.2, -0.15) is 0 Å². The maximum atomic E-state index is 11.6. The summed E-state index contributed by atoms with van der Waals surface area (Å²) in [6.07, 6.45) is 0. The molecule has 0 heterocycles. The van der Waals surface area contributed by atoms with Gasteiger partial charge in [-0.15, -0.1) is 0 Å². The number of ether oxygens (including phenoxy) is 2. The summed E-state index contributed by atoms with van der Waals surface area (Å²) in [7, 11) is 4.86. The van der Waals surface area contributed by atoms with Gasteiger partial charge in [-0.05, 0) is 42.5 Å². The number of carbonyl (C=O) groups is 1. The minimum atomic E-state index is -0.389.